The smallest absolute Gasteiger partial charge is 0.184 e. The average Bonchev–Trinajstić information content (AvgIpc) is 2.38. The molecule has 1 fully saturated rings. The summed E-state index contributed by atoms with van der Waals surface area (Å²) in [5, 5.41) is 3.45. The fourth-order valence-electron chi connectivity index (χ4n) is 2.46. The molecule has 0 amide bonds. The number of rotatable bonds is 1. The van der Waals surface area contributed by atoms with Crippen LogP contribution in [-0.2, 0) is 0 Å². The van der Waals surface area contributed by atoms with E-state index in [-0.39, 0.29) is 0 Å². The lowest BCUT2D eigenvalue weighted by atomic mass is 10.2. The average molecular weight is 234 g/mol. The van der Waals surface area contributed by atoms with Crippen LogP contribution in [0.3, 0.4) is 0 Å². The SMILES string of the molecule is CC1CN(c2cccc3c2OCCO3)CCN1. The summed E-state index contributed by atoms with van der Waals surface area (Å²) in [5.41, 5.74) is 1.16. The van der Waals surface area contributed by atoms with Crippen LogP contribution in [0.1, 0.15) is 6.92 Å². The molecular formula is C13H18N2O2. The normalized spacial score (nSPS) is 23.6. The Morgan fingerprint density at radius 1 is 1.29 bits per heavy atom. The molecule has 0 bridgehead atoms. The van der Waals surface area contributed by atoms with Crippen molar-refractivity contribution < 1.29 is 9.47 Å². The number of piperazine rings is 1. The third kappa shape index (κ3) is 2.05. The van der Waals surface area contributed by atoms with E-state index in [2.05, 4.69) is 23.2 Å². The second-order valence-corrected chi connectivity index (χ2v) is 4.60. The zero-order valence-corrected chi connectivity index (χ0v) is 10.1. The number of anilines is 1. The minimum absolute atomic E-state index is 0.518. The fraction of sp³-hybridized carbons (Fsp3) is 0.538. The van der Waals surface area contributed by atoms with E-state index in [4.69, 9.17) is 9.47 Å². The predicted octanol–water partition coefficient (Wildman–Crippen LogP) is 1.26. The van der Waals surface area contributed by atoms with E-state index in [0.717, 1.165) is 36.8 Å². The maximum Gasteiger partial charge on any atom is 0.184 e. The van der Waals surface area contributed by atoms with Crippen LogP contribution in [0.5, 0.6) is 11.5 Å². The first-order chi connectivity index (χ1) is 8.34. The molecule has 0 aromatic heterocycles. The Morgan fingerprint density at radius 3 is 3.06 bits per heavy atom. The summed E-state index contributed by atoms with van der Waals surface area (Å²) < 4.78 is 11.4. The van der Waals surface area contributed by atoms with Gasteiger partial charge in [0.25, 0.3) is 0 Å². The first kappa shape index (κ1) is 10.7. The summed E-state index contributed by atoms with van der Waals surface area (Å²) in [6, 6.07) is 6.65. The zero-order valence-electron chi connectivity index (χ0n) is 10.1. The van der Waals surface area contributed by atoms with Crippen LogP contribution in [0.15, 0.2) is 18.2 Å². The number of nitrogens with zero attached hydrogens (tertiary/aromatic N) is 1. The lowest BCUT2D eigenvalue weighted by Gasteiger charge is -2.35. The van der Waals surface area contributed by atoms with Gasteiger partial charge in [0.05, 0.1) is 5.69 Å². The summed E-state index contributed by atoms with van der Waals surface area (Å²) in [4.78, 5) is 2.37. The third-order valence-corrected chi connectivity index (χ3v) is 3.25. The van der Waals surface area contributed by atoms with Crippen molar-refractivity contribution in [2.75, 3.05) is 37.7 Å². The van der Waals surface area contributed by atoms with Crippen molar-refractivity contribution in [3.05, 3.63) is 18.2 Å². The van der Waals surface area contributed by atoms with E-state index < -0.39 is 0 Å². The van der Waals surface area contributed by atoms with Gasteiger partial charge in [-0.2, -0.15) is 0 Å². The van der Waals surface area contributed by atoms with Crippen LogP contribution in [0.25, 0.3) is 0 Å². The highest BCUT2D eigenvalue weighted by molar-refractivity contribution is 5.65. The molecule has 0 radical (unpaired) electrons. The molecule has 3 rings (SSSR count). The first-order valence-electron chi connectivity index (χ1n) is 6.21. The van der Waals surface area contributed by atoms with Crippen LogP contribution in [-0.4, -0.2) is 38.9 Å². The monoisotopic (exact) mass is 234 g/mol. The summed E-state index contributed by atoms with van der Waals surface area (Å²) in [6.07, 6.45) is 0. The van der Waals surface area contributed by atoms with Crippen LogP contribution >= 0.6 is 0 Å². The number of para-hydroxylation sites is 1. The Hall–Kier alpha value is -1.42. The van der Waals surface area contributed by atoms with Crippen LogP contribution in [0, 0.1) is 0 Å². The van der Waals surface area contributed by atoms with E-state index in [1.807, 2.05) is 12.1 Å². The van der Waals surface area contributed by atoms with E-state index in [0.29, 0.717) is 19.3 Å². The Bertz CT molecular complexity index is 408. The van der Waals surface area contributed by atoms with Gasteiger partial charge in [-0.3, -0.25) is 0 Å². The molecule has 1 aromatic carbocycles. The Kier molecular flexibility index (Phi) is 2.81. The van der Waals surface area contributed by atoms with Crippen molar-refractivity contribution in [3.63, 3.8) is 0 Å². The molecule has 1 atom stereocenters. The molecule has 0 aliphatic carbocycles. The summed E-state index contributed by atoms with van der Waals surface area (Å²) in [6.45, 7) is 6.55. The highest BCUT2D eigenvalue weighted by Gasteiger charge is 2.22. The molecular weight excluding hydrogens is 216 g/mol. The quantitative estimate of drug-likeness (QED) is 0.793. The Labute approximate surface area is 102 Å². The molecule has 2 aliphatic rings. The van der Waals surface area contributed by atoms with Crippen LogP contribution in [0.4, 0.5) is 5.69 Å². The number of ether oxygens (including phenoxy) is 2. The van der Waals surface area contributed by atoms with Gasteiger partial charge in [-0.05, 0) is 19.1 Å². The van der Waals surface area contributed by atoms with E-state index in [9.17, 15) is 0 Å². The number of nitrogens with one attached hydrogen (secondary N) is 1. The van der Waals surface area contributed by atoms with Gasteiger partial charge in [0.2, 0.25) is 0 Å². The maximum absolute atomic E-state index is 5.76. The van der Waals surface area contributed by atoms with E-state index in [1.54, 1.807) is 0 Å². The highest BCUT2D eigenvalue weighted by atomic mass is 16.6. The Balaban J connectivity index is 1.91. The van der Waals surface area contributed by atoms with Crippen LogP contribution < -0.4 is 19.7 Å². The standard InChI is InChI=1S/C13H18N2O2/c1-10-9-15(6-5-14-10)11-3-2-4-12-13(11)17-8-7-16-12/h2-4,10,14H,5-9H2,1H3. The van der Waals surface area contributed by atoms with Gasteiger partial charge in [-0.25, -0.2) is 0 Å². The van der Waals surface area contributed by atoms with Crippen molar-refractivity contribution in [2.24, 2.45) is 0 Å². The zero-order chi connectivity index (χ0) is 11.7. The van der Waals surface area contributed by atoms with Gasteiger partial charge >= 0.3 is 0 Å². The van der Waals surface area contributed by atoms with Crippen molar-refractivity contribution in [1.82, 2.24) is 5.32 Å². The molecule has 4 nitrogen and oxygen atoms in total. The summed E-state index contributed by atoms with van der Waals surface area (Å²) >= 11 is 0. The molecule has 2 aliphatic heterocycles. The first-order valence-corrected chi connectivity index (χ1v) is 6.21. The molecule has 1 saturated heterocycles. The number of benzene rings is 1. The largest absolute Gasteiger partial charge is 0.486 e. The van der Waals surface area contributed by atoms with Crippen LogP contribution in [0.2, 0.25) is 0 Å². The molecule has 0 saturated carbocycles. The highest BCUT2D eigenvalue weighted by Crippen LogP contribution is 2.39. The second kappa shape index (κ2) is 4.45. The molecule has 2 heterocycles. The van der Waals surface area contributed by atoms with E-state index >= 15 is 0 Å². The minimum atomic E-state index is 0.518. The second-order valence-electron chi connectivity index (χ2n) is 4.60. The molecule has 17 heavy (non-hydrogen) atoms. The topological polar surface area (TPSA) is 33.7 Å². The third-order valence-electron chi connectivity index (χ3n) is 3.25. The number of hydrogen-bond donors (Lipinski definition) is 1. The number of fused-ring (bicyclic) bond motifs is 1. The summed E-state index contributed by atoms with van der Waals surface area (Å²) in [7, 11) is 0. The molecule has 92 valence electrons. The van der Waals surface area contributed by atoms with Gasteiger partial charge in [-0.15, -0.1) is 0 Å². The molecule has 0 spiro atoms. The molecule has 1 unspecified atom stereocenters. The maximum atomic E-state index is 5.76. The van der Waals surface area contributed by atoms with Gasteiger partial charge in [-0.1, -0.05) is 6.07 Å². The minimum Gasteiger partial charge on any atom is -0.486 e. The van der Waals surface area contributed by atoms with Crippen molar-refractivity contribution >= 4 is 5.69 Å². The van der Waals surface area contributed by atoms with Gasteiger partial charge in [0, 0.05) is 25.7 Å². The predicted molar refractivity (Wildman–Crippen MR) is 67.1 cm³/mol. The van der Waals surface area contributed by atoms with Gasteiger partial charge in [0.1, 0.15) is 13.2 Å². The van der Waals surface area contributed by atoms with Crippen molar-refractivity contribution in [1.29, 1.82) is 0 Å². The van der Waals surface area contributed by atoms with Gasteiger partial charge in [0.15, 0.2) is 11.5 Å². The Morgan fingerprint density at radius 2 is 2.18 bits per heavy atom. The van der Waals surface area contributed by atoms with Gasteiger partial charge < -0.3 is 19.7 Å². The van der Waals surface area contributed by atoms with Crippen molar-refractivity contribution in [3.8, 4) is 11.5 Å². The van der Waals surface area contributed by atoms with Crippen molar-refractivity contribution in [2.45, 2.75) is 13.0 Å². The lowest BCUT2D eigenvalue weighted by molar-refractivity contribution is 0.172. The summed E-state index contributed by atoms with van der Waals surface area (Å²) in [5.74, 6) is 1.78. The molecule has 1 N–H and O–H groups in total. The molecule has 4 heteroatoms. The molecule has 1 aromatic rings. The van der Waals surface area contributed by atoms with E-state index in [1.165, 1.54) is 0 Å². The lowest BCUT2D eigenvalue weighted by Crippen LogP contribution is -2.49. The fourth-order valence-corrected chi connectivity index (χ4v) is 2.46. The number of hydrogen-bond acceptors (Lipinski definition) is 4.